The van der Waals surface area contributed by atoms with Crippen LogP contribution in [0.25, 0.3) is 10.9 Å². The number of halogens is 1. The van der Waals surface area contributed by atoms with E-state index in [9.17, 15) is 9.18 Å². The number of aryl methyl sites for hydroxylation is 1. The Balaban J connectivity index is 1.56. The number of benzene rings is 2. The van der Waals surface area contributed by atoms with Crippen LogP contribution in [0.1, 0.15) is 23.6 Å². The molecule has 3 aromatic rings. The number of para-hydroxylation sites is 1. The molecule has 0 radical (unpaired) electrons. The topological polar surface area (TPSA) is 48.1 Å². The third-order valence-corrected chi connectivity index (χ3v) is 4.67. The van der Waals surface area contributed by atoms with Crippen LogP contribution in [0.15, 0.2) is 54.7 Å². The van der Waals surface area contributed by atoms with Crippen molar-refractivity contribution in [2.75, 3.05) is 20.6 Å². The average molecular weight is 353 g/mol. The average Bonchev–Trinajstić information content (AvgIpc) is 3.04. The SMILES string of the molecule is CN(C)[C@H](CNC(=O)CCc1c[nH]c2ccccc12)c1ccc(F)cc1. The van der Waals surface area contributed by atoms with Crippen LogP contribution in [0.4, 0.5) is 4.39 Å². The van der Waals surface area contributed by atoms with Crippen molar-refractivity contribution in [2.45, 2.75) is 18.9 Å². The van der Waals surface area contributed by atoms with Gasteiger partial charge in [0.2, 0.25) is 5.91 Å². The number of hydrogen-bond acceptors (Lipinski definition) is 2. The molecular weight excluding hydrogens is 329 g/mol. The van der Waals surface area contributed by atoms with E-state index >= 15 is 0 Å². The van der Waals surface area contributed by atoms with Gasteiger partial charge in [-0.05, 0) is 49.8 Å². The molecule has 1 amide bonds. The molecule has 0 unspecified atom stereocenters. The highest BCUT2D eigenvalue weighted by atomic mass is 19.1. The van der Waals surface area contributed by atoms with Crippen molar-refractivity contribution in [1.82, 2.24) is 15.2 Å². The third kappa shape index (κ3) is 4.29. The normalized spacial score (nSPS) is 12.5. The predicted octanol–water partition coefficient (Wildman–Crippen LogP) is 3.66. The maximum atomic E-state index is 13.1. The van der Waals surface area contributed by atoms with Gasteiger partial charge in [0.1, 0.15) is 5.82 Å². The molecule has 0 aliphatic rings. The number of fused-ring (bicyclic) bond motifs is 1. The van der Waals surface area contributed by atoms with Crippen LogP contribution in [0, 0.1) is 5.82 Å². The van der Waals surface area contributed by atoms with Crippen molar-refractivity contribution in [3.8, 4) is 0 Å². The second kappa shape index (κ2) is 8.15. The lowest BCUT2D eigenvalue weighted by Gasteiger charge is -2.25. The Bertz CT molecular complexity index is 870. The highest BCUT2D eigenvalue weighted by Crippen LogP contribution is 2.20. The quantitative estimate of drug-likeness (QED) is 0.681. The summed E-state index contributed by atoms with van der Waals surface area (Å²) in [5.74, 6) is -0.238. The minimum atomic E-state index is -0.256. The molecule has 2 N–H and O–H groups in total. The van der Waals surface area contributed by atoms with Gasteiger partial charge >= 0.3 is 0 Å². The fourth-order valence-corrected chi connectivity index (χ4v) is 3.17. The van der Waals surface area contributed by atoms with Gasteiger partial charge < -0.3 is 15.2 Å². The molecule has 0 saturated heterocycles. The first-order valence-electron chi connectivity index (χ1n) is 8.78. The van der Waals surface area contributed by atoms with E-state index in [-0.39, 0.29) is 17.8 Å². The molecule has 2 aromatic carbocycles. The Morgan fingerprint density at radius 1 is 1.15 bits per heavy atom. The molecule has 0 aliphatic heterocycles. The first-order chi connectivity index (χ1) is 12.5. The number of hydrogen-bond donors (Lipinski definition) is 2. The van der Waals surface area contributed by atoms with Crippen LogP contribution >= 0.6 is 0 Å². The van der Waals surface area contributed by atoms with E-state index in [1.165, 1.54) is 12.1 Å². The Morgan fingerprint density at radius 3 is 2.62 bits per heavy atom. The maximum absolute atomic E-state index is 13.1. The number of carbonyl (C=O) groups is 1. The van der Waals surface area contributed by atoms with Crippen LogP contribution in [-0.4, -0.2) is 36.4 Å². The Kier molecular flexibility index (Phi) is 5.68. The lowest BCUT2D eigenvalue weighted by molar-refractivity contribution is -0.121. The fourth-order valence-electron chi connectivity index (χ4n) is 3.17. The summed E-state index contributed by atoms with van der Waals surface area (Å²) < 4.78 is 13.1. The van der Waals surface area contributed by atoms with Gasteiger partial charge in [-0.25, -0.2) is 4.39 Å². The van der Waals surface area contributed by atoms with E-state index in [1.54, 1.807) is 12.1 Å². The van der Waals surface area contributed by atoms with Crippen molar-refractivity contribution in [3.05, 3.63) is 71.7 Å². The summed E-state index contributed by atoms with van der Waals surface area (Å²) in [6.45, 7) is 0.491. The van der Waals surface area contributed by atoms with Crippen LogP contribution in [-0.2, 0) is 11.2 Å². The molecule has 0 bridgehead atoms. The summed E-state index contributed by atoms with van der Waals surface area (Å²) >= 11 is 0. The number of nitrogens with one attached hydrogen (secondary N) is 2. The van der Waals surface area contributed by atoms with Crippen LogP contribution < -0.4 is 5.32 Å². The van der Waals surface area contributed by atoms with Gasteiger partial charge in [-0.2, -0.15) is 0 Å². The predicted molar refractivity (Wildman–Crippen MR) is 102 cm³/mol. The summed E-state index contributed by atoms with van der Waals surface area (Å²) in [7, 11) is 3.90. The van der Waals surface area contributed by atoms with Crippen molar-refractivity contribution in [3.63, 3.8) is 0 Å². The van der Waals surface area contributed by atoms with E-state index < -0.39 is 0 Å². The molecule has 3 rings (SSSR count). The molecule has 0 saturated carbocycles. The molecule has 1 heterocycles. The minimum absolute atomic E-state index is 0.00707. The number of H-pyrrole nitrogens is 1. The number of likely N-dealkylation sites (N-methyl/N-ethyl adjacent to an activating group) is 1. The highest BCUT2D eigenvalue weighted by Gasteiger charge is 2.15. The summed E-state index contributed by atoms with van der Waals surface area (Å²) in [4.78, 5) is 17.5. The second-order valence-electron chi connectivity index (χ2n) is 6.69. The van der Waals surface area contributed by atoms with Gasteiger partial charge in [-0.3, -0.25) is 4.79 Å². The standard InChI is InChI=1S/C21H24FN3O/c1-25(2)20(15-7-10-17(22)11-8-15)14-24-21(26)12-9-16-13-23-19-6-4-3-5-18(16)19/h3-8,10-11,13,20,23H,9,12,14H2,1-2H3,(H,24,26)/t20-/m1/s1. The zero-order chi connectivity index (χ0) is 18.5. The molecule has 1 atom stereocenters. The van der Waals surface area contributed by atoms with Crippen molar-refractivity contribution < 1.29 is 9.18 Å². The molecule has 4 nitrogen and oxygen atoms in total. The highest BCUT2D eigenvalue weighted by molar-refractivity contribution is 5.84. The molecule has 5 heteroatoms. The largest absolute Gasteiger partial charge is 0.361 e. The Hall–Kier alpha value is -2.66. The van der Waals surface area contributed by atoms with E-state index in [4.69, 9.17) is 0 Å². The zero-order valence-corrected chi connectivity index (χ0v) is 15.1. The van der Waals surface area contributed by atoms with Crippen LogP contribution in [0.2, 0.25) is 0 Å². The lowest BCUT2D eigenvalue weighted by Crippen LogP contribution is -2.34. The number of rotatable bonds is 7. The Labute approximate surface area is 153 Å². The number of aromatic nitrogens is 1. The molecular formula is C21H24FN3O. The molecule has 136 valence electrons. The van der Waals surface area contributed by atoms with Crippen LogP contribution in [0.5, 0.6) is 0 Å². The van der Waals surface area contributed by atoms with E-state index in [1.807, 2.05) is 43.4 Å². The number of aromatic amines is 1. The van der Waals surface area contributed by atoms with Crippen molar-refractivity contribution >= 4 is 16.8 Å². The number of amides is 1. The molecule has 0 fully saturated rings. The summed E-state index contributed by atoms with van der Waals surface area (Å²) in [5, 5.41) is 4.17. The Morgan fingerprint density at radius 2 is 1.88 bits per heavy atom. The second-order valence-corrected chi connectivity index (χ2v) is 6.69. The van der Waals surface area contributed by atoms with E-state index in [2.05, 4.69) is 16.4 Å². The first-order valence-corrected chi connectivity index (χ1v) is 8.78. The molecule has 26 heavy (non-hydrogen) atoms. The number of nitrogens with zero attached hydrogens (tertiary/aromatic N) is 1. The lowest BCUT2D eigenvalue weighted by atomic mass is 10.1. The van der Waals surface area contributed by atoms with Crippen molar-refractivity contribution in [2.24, 2.45) is 0 Å². The van der Waals surface area contributed by atoms with Gasteiger partial charge in [-0.1, -0.05) is 30.3 Å². The number of carbonyl (C=O) groups excluding carboxylic acids is 1. The minimum Gasteiger partial charge on any atom is -0.361 e. The van der Waals surface area contributed by atoms with E-state index in [0.717, 1.165) is 22.0 Å². The van der Waals surface area contributed by atoms with Gasteiger partial charge in [0.05, 0.1) is 6.04 Å². The van der Waals surface area contributed by atoms with Crippen LogP contribution in [0.3, 0.4) is 0 Å². The monoisotopic (exact) mass is 353 g/mol. The van der Waals surface area contributed by atoms with E-state index in [0.29, 0.717) is 19.4 Å². The summed E-state index contributed by atoms with van der Waals surface area (Å²) in [5.41, 5.74) is 3.22. The molecule has 0 spiro atoms. The van der Waals surface area contributed by atoms with Gasteiger partial charge in [0, 0.05) is 30.1 Å². The first kappa shape index (κ1) is 18.1. The maximum Gasteiger partial charge on any atom is 0.220 e. The molecule has 0 aliphatic carbocycles. The fraction of sp³-hybridized carbons (Fsp3) is 0.286. The third-order valence-electron chi connectivity index (χ3n) is 4.67. The molecule has 1 aromatic heterocycles. The van der Waals surface area contributed by atoms with Crippen molar-refractivity contribution in [1.29, 1.82) is 0 Å². The summed E-state index contributed by atoms with van der Waals surface area (Å²) in [6.07, 6.45) is 3.10. The summed E-state index contributed by atoms with van der Waals surface area (Å²) in [6, 6.07) is 14.5. The smallest absolute Gasteiger partial charge is 0.220 e. The zero-order valence-electron chi connectivity index (χ0n) is 15.1. The van der Waals surface area contributed by atoms with Gasteiger partial charge in [0.15, 0.2) is 0 Å². The van der Waals surface area contributed by atoms with Gasteiger partial charge in [0.25, 0.3) is 0 Å². The van der Waals surface area contributed by atoms with Gasteiger partial charge in [-0.15, -0.1) is 0 Å².